The third-order valence-electron chi connectivity index (χ3n) is 2.16. The van der Waals surface area contributed by atoms with E-state index in [9.17, 15) is 0 Å². The molecular weight excluding hydrogens is 158 g/mol. The second-order valence-electron chi connectivity index (χ2n) is 3.29. The lowest BCUT2D eigenvalue weighted by molar-refractivity contribution is 1.01. The van der Waals surface area contributed by atoms with Crippen molar-refractivity contribution in [3.05, 3.63) is 41.0 Å². The second-order valence-corrected chi connectivity index (χ2v) is 3.29. The van der Waals surface area contributed by atoms with Gasteiger partial charge in [-0.1, -0.05) is 30.4 Å². The Balaban J connectivity index is 2.87. The van der Waals surface area contributed by atoms with Gasteiger partial charge in [0.15, 0.2) is 0 Å². The maximum Gasteiger partial charge on any atom is -0.00425 e. The van der Waals surface area contributed by atoms with Crippen LogP contribution < -0.4 is 5.73 Å². The molecule has 0 saturated heterocycles. The average molecular weight is 175 g/mol. The first kappa shape index (κ1) is 10.0. The Morgan fingerprint density at radius 3 is 2.38 bits per heavy atom. The van der Waals surface area contributed by atoms with Gasteiger partial charge >= 0.3 is 0 Å². The standard InChI is InChI=1S/C12H17N/c1-10-6-5-7-11(2)12(10)8-3-4-9-13/h3,5-8H,4,9,13H2,1-2H3/b8-3+. The molecule has 0 spiro atoms. The van der Waals surface area contributed by atoms with Gasteiger partial charge < -0.3 is 5.73 Å². The topological polar surface area (TPSA) is 26.0 Å². The maximum absolute atomic E-state index is 5.42. The minimum absolute atomic E-state index is 0.724. The van der Waals surface area contributed by atoms with Gasteiger partial charge in [-0.15, -0.1) is 0 Å². The number of nitrogens with two attached hydrogens (primary N) is 1. The van der Waals surface area contributed by atoms with Crippen LogP contribution in [-0.2, 0) is 0 Å². The van der Waals surface area contributed by atoms with Crippen LogP contribution in [0.2, 0.25) is 0 Å². The van der Waals surface area contributed by atoms with Crippen molar-refractivity contribution in [2.24, 2.45) is 5.73 Å². The Morgan fingerprint density at radius 2 is 1.85 bits per heavy atom. The number of rotatable bonds is 3. The van der Waals surface area contributed by atoms with Crippen LogP contribution in [0.5, 0.6) is 0 Å². The predicted octanol–water partition coefficient (Wildman–Crippen LogP) is 2.67. The minimum atomic E-state index is 0.724. The van der Waals surface area contributed by atoms with E-state index in [0.717, 1.165) is 13.0 Å². The molecule has 1 rings (SSSR count). The molecule has 0 aliphatic rings. The summed E-state index contributed by atoms with van der Waals surface area (Å²) in [5, 5.41) is 0. The molecule has 0 atom stereocenters. The van der Waals surface area contributed by atoms with Crippen LogP contribution in [-0.4, -0.2) is 6.54 Å². The molecule has 0 fully saturated rings. The first-order valence-corrected chi connectivity index (χ1v) is 4.68. The molecule has 0 heterocycles. The zero-order valence-corrected chi connectivity index (χ0v) is 8.38. The van der Waals surface area contributed by atoms with Crippen LogP contribution in [0, 0.1) is 13.8 Å². The third-order valence-corrected chi connectivity index (χ3v) is 2.16. The Labute approximate surface area is 80.3 Å². The predicted molar refractivity (Wildman–Crippen MR) is 58.6 cm³/mol. The Hall–Kier alpha value is -1.08. The van der Waals surface area contributed by atoms with Crippen molar-refractivity contribution < 1.29 is 0 Å². The molecule has 0 bridgehead atoms. The molecule has 0 amide bonds. The van der Waals surface area contributed by atoms with E-state index in [4.69, 9.17) is 5.73 Å². The van der Waals surface area contributed by atoms with E-state index >= 15 is 0 Å². The van der Waals surface area contributed by atoms with Crippen LogP contribution in [0.4, 0.5) is 0 Å². The van der Waals surface area contributed by atoms with Crippen LogP contribution in [0.15, 0.2) is 24.3 Å². The van der Waals surface area contributed by atoms with Crippen LogP contribution in [0.1, 0.15) is 23.1 Å². The lowest BCUT2D eigenvalue weighted by Gasteiger charge is -2.03. The van der Waals surface area contributed by atoms with Crippen molar-refractivity contribution in [1.82, 2.24) is 0 Å². The zero-order valence-electron chi connectivity index (χ0n) is 8.38. The van der Waals surface area contributed by atoms with E-state index in [1.165, 1.54) is 16.7 Å². The van der Waals surface area contributed by atoms with Gasteiger partial charge in [0.2, 0.25) is 0 Å². The first-order chi connectivity index (χ1) is 6.25. The van der Waals surface area contributed by atoms with Crippen molar-refractivity contribution in [2.75, 3.05) is 6.54 Å². The smallest absolute Gasteiger partial charge is 0.00425 e. The summed E-state index contributed by atoms with van der Waals surface area (Å²) in [4.78, 5) is 0. The molecule has 0 radical (unpaired) electrons. The fraction of sp³-hybridized carbons (Fsp3) is 0.333. The Bertz CT molecular complexity index is 280. The highest BCUT2D eigenvalue weighted by atomic mass is 14.5. The van der Waals surface area contributed by atoms with Crippen LogP contribution >= 0.6 is 0 Å². The lowest BCUT2D eigenvalue weighted by Crippen LogP contribution is -1.95. The van der Waals surface area contributed by atoms with E-state index in [2.05, 4.69) is 44.2 Å². The number of hydrogen-bond acceptors (Lipinski definition) is 1. The highest BCUT2D eigenvalue weighted by Crippen LogP contribution is 2.14. The summed E-state index contributed by atoms with van der Waals surface area (Å²) in [7, 11) is 0. The van der Waals surface area contributed by atoms with Gasteiger partial charge in [-0.05, 0) is 43.5 Å². The zero-order chi connectivity index (χ0) is 9.68. The molecule has 70 valence electrons. The molecule has 1 aromatic rings. The fourth-order valence-electron chi connectivity index (χ4n) is 1.39. The fourth-order valence-corrected chi connectivity index (χ4v) is 1.39. The Morgan fingerprint density at radius 1 is 1.23 bits per heavy atom. The second kappa shape index (κ2) is 4.83. The average Bonchev–Trinajstić information content (AvgIpc) is 2.10. The molecule has 13 heavy (non-hydrogen) atoms. The molecule has 2 N–H and O–H groups in total. The van der Waals surface area contributed by atoms with E-state index < -0.39 is 0 Å². The molecule has 0 aromatic heterocycles. The minimum Gasteiger partial charge on any atom is -0.330 e. The molecule has 0 aliphatic carbocycles. The maximum atomic E-state index is 5.42. The highest BCUT2D eigenvalue weighted by molar-refractivity contribution is 5.57. The third kappa shape index (κ3) is 2.71. The van der Waals surface area contributed by atoms with Crippen molar-refractivity contribution in [2.45, 2.75) is 20.3 Å². The largest absolute Gasteiger partial charge is 0.330 e. The normalized spacial score (nSPS) is 11.0. The molecule has 1 aromatic carbocycles. The summed E-state index contributed by atoms with van der Waals surface area (Å²) in [6.07, 6.45) is 5.25. The van der Waals surface area contributed by atoms with Gasteiger partial charge in [0.1, 0.15) is 0 Å². The van der Waals surface area contributed by atoms with Gasteiger partial charge in [0.05, 0.1) is 0 Å². The summed E-state index contributed by atoms with van der Waals surface area (Å²) in [5.41, 5.74) is 9.40. The van der Waals surface area contributed by atoms with Crippen LogP contribution in [0.3, 0.4) is 0 Å². The van der Waals surface area contributed by atoms with Gasteiger partial charge in [0, 0.05) is 0 Å². The molecule has 0 saturated carbocycles. The SMILES string of the molecule is Cc1cccc(C)c1/C=C/CCN. The van der Waals surface area contributed by atoms with E-state index in [-0.39, 0.29) is 0 Å². The summed E-state index contributed by atoms with van der Waals surface area (Å²) in [5.74, 6) is 0. The van der Waals surface area contributed by atoms with Crippen molar-refractivity contribution in [3.8, 4) is 0 Å². The Kier molecular flexibility index (Phi) is 3.71. The summed E-state index contributed by atoms with van der Waals surface area (Å²) >= 11 is 0. The van der Waals surface area contributed by atoms with E-state index in [1.807, 2.05) is 0 Å². The molecule has 1 nitrogen and oxygen atoms in total. The van der Waals surface area contributed by atoms with Crippen molar-refractivity contribution in [3.63, 3.8) is 0 Å². The number of aryl methyl sites for hydroxylation is 2. The van der Waals surface area contributed by atoms with Crippen molar-refractivity contribution in [1.29, 1.82) is 0 Å². The summed E-state index contributed by atoms with van der Waals surface area (Å²) in [6.45, 7) is 4.99. The van der Waals surface area contributed by atoms with Gasteiger partial charge in [0.25, 0.3) is 0 Å². The summed E-state index contributed by atoms with van der Waals surface area (Å²) in [6, 6.07) is 6.36. The van der Waals surface area contributed by atoms with Gasteiger partial charge in [-0.2, -0.15) is 0 Å². The number of benzene rings is 1. The quantitative estimate of drug-likeness (QED) is 0.751. The first-order valence-electron chi connectivity index (χ1n) is 4.68. The summed E-state index contributed by atoms with van der Waals surface area (Å²) < 4.78 is 0. The molecule has 1 heteroatoms. The molecule has 0 aliphatic heterocycles. The van der Waals surface area contributed by atoms with Crippen molar-refractivity contribution >= 4 is 6.08 Å². The molecular formula is C12H17N. The number of hydrogen-bond donors (Lipinski definition) is 1. The van der Waals surface area contributed by atoms with Gasteiger partial charge in [-0.25, -0.2) is 0 Å². The van der Waals surface area contributed by atoms with Crippen LogP contribution in [0.25, 0.3) is 6.08 Å². The lowest BCUT2D eigenvalue weighted by atomic mass is 10.0. The van der Waals surface area contributed by atoms with E-state index in [1.54, 1.807) is 0 Å². The highest BCUT2D eigenvalue weighted by Gasteiger charge is 1.95. The molecule has 0 unspecified atom stereocenters. The monoisotopic (exact) mass is 175 g/mol. The van der Waals surface area contributed by atoms with Gasteiger partial charge in [-0.3, -0.25) is 0 Å². The van der Waals surface area contributed by atoms with E-state index in [0.29, 0.717) is 0 Å².